The largest absolute Gasteiger partial charge is 0.504 e. The number of carboxylic acids is 1. The maximum atomic E-state index is 13.1. The van der Waals surface area contributed by atoms with Crippen molar-refractivity contribution >= 4 is 18.0 Å². The van der Waals surface area contributed by atoms with Crippen molar-refractivity contribution in [1.29, 1.82) is 0 Å². The Morgan fingerprint density at radius 3 is 2.36 bits per heavy atom. The van der Waals surface area contributed by atoms with Gasteiger partial charge in [0, 0.05) is 11.5 Å². The van der Waals surface area contributed by atoms with Gasteiger partial charge in [0.1, 0.15) is 6.10 Å². The van der Waals surface area contributed by atoms with Crippen LogP contribution in [0.15, 0.2) is 35.9 Å². The molecule has 1 aromatic rings. The van der Waals surface area contributed by atoms with Crippen molar-refractivity contribution in [3.63, 3.8) is 0 Å². The standard InChI is InChI=1S/C40H56O7/c1-23-15-18-40(35(44)45)20-19-38(6)26(33(40)24(23)2)11-13-31-37(5)22-28(42)34(36(3,4)30(37)16-17-39(31,38)7)47-32(43)14-10-25-9-12-29(46-8)27(41)21-25/h9-12,14,21,23-24,28,30-31,33-34,41-42H,13,15-20,22H2,1-8H3,(H,44,45)/b14-10+/t23-,24+,28-,30?,31?,33+,34-,37+,38-,39-,40+/m1/s1. The van der Waals surface area contributed by atoms with Crippen LogP contribution in [-0.2, 0) is 14.3 Å². The molecule has 7 nitrogen and oxygen atoms in total. The molecule has 0 spiro atoms. The number of esters is 1. The van der Waals surface area contributed by atoms with E-state index in [2.05, 4.69) is 54.5 Å². The van der Waals surface area contributed by atoms with Crippen molar-refractivity contribution < 1.29 is 34.4 Å². The van der Waals surface area contributed by atoms with Crippen molar-refractivity contribution in [3.8, 4) is 11.5 Å². The third kappa shape index (κ3) is 4.83. The smallest absolute Gasteiger partial charge is 0.331 e. The maximum absolute atomic E-state index is 13.1. The van der Waals surface area contributed by atoms with Gasteiger partial charge >= 0.3 is 11.9 Å². The van der Waals surface area contributed by atoms with Gasteiger partial charge in [0.05, 0.1) is 18.6 Å². The number of aliphatic hydroxyl groups excluding tert-OH is 1. The molecular weight excluding hydrogens is 592 g/mol. The molecule has 0 saturated heterocycles. The van der Waals surface area contributed by atoms with Gasteiger partial charge in [0.25, 0.3) is 0 Å². The Morgan fingerprint density at radius 1 is 0.979 bits per heavy atom. The molecule has 1 aromatic carbocycles. The Hall–Kier alpha value is -2.80. The second-order valence-electron chi connectivity index (χ2n) is 17.3. The topological polar surface area (TPSA) is 113 Å². The molecule has 2 unspecified atom stereocenters. The fraction of sp³-hybridized carbons (Fsp3) is 0.700. The van der Waals surface area contributed by atoms with Gasteiger partial charge in [-0.2, -0.15) is 0 Å². The van der Waals surface area contributed by atoms with E-state index >= 15 is 0 Å². The highest BCUT2D eigenvalue weighted by molar-refractivity contribution is 5.87. The Bertz CT molecular complexity index is 1490. The molecular formula is C40H56O7. The lowest BCUT2D eigenvalue weighted by atomic mass is 9.33. The molecule has 4 saturated carbocycles. The first-order chi connectivity index (χ1) is 22.0. The highest BCUT2D eigenvalue weighted by Crippen LogP contribution is 2.75. The van der Waals surface area contributed by atoms with Gasteiger partial charge in [-0.15, -0.1) is 0 Å². The Labute approximate surface area is 280 Å². The molecule has 0 bridgehead atoms. The van der Waals surface area contributed by atoms with Gasteiger partial charge in [0.15, 0.2) is 11.5 Å². The van der Waals surface area contributed by atoms with E-state index in [1.165, 1.54) is 24.8 Å². The van der Waals surface area contributed by atoms with E-state index in [9.17, 15) is 24.9 Å². The lowest BCUT2D eigenvalue weighted by Gasteiger charge is -2.71. The van der Waals surface area contributed by atoms with Crippen molar-refractivity contribution in [2.24, 2.45) is 56.7 Å². The molecule has 7 heteroatoms. The zero-order valence-electron chi connectivity index (χ0n) is 29.6. The number of allylic oxidation sites excluding steroid dienone is 2. The number of rotatable bonds is 5. The third-order valence-electron chi connectivity index (χ3n) is 15.2. The predicted octanol–water partition coefficient (Wildman–Crippen LogP) is 8.04. The highest BCUT2D eigenvalue weighted by Gasteiger charge is 2.70. The van der Waals surface area contributed by atoms with Crippen LogP contribution in [0, 0.1) is 56.7 Å². The molecule has 258 valence electrons. The minimum atomic E-state index is -0.806. The van der Waals surface area contributed by atoms with Crippen LogP contribution < -0.4 is 4.74 Å². The lowest BCUT2D eigenvalue weighted by Crippen LogP contribution is -2.67. The monoisotopic (exact) mass is 648 g/mol. The van der Waals surface area contributed by atoms with E-state index in [-0.39, 0.29) is 33.8 Å². The summed E-state index contributed by atoms with van der Waals surface area (Å²) in [7, 11) is 1.48. The summed E-state index contributed by atoms with van der Waals surface area (Å²) in [6.45, 7) is 16.2. The Balaban J connectivity index is 1.27. The minimum Gasteiger partial charge on any atom is -0.504 e. The van der Waals surface area contributed by atoms with Crippen molar-refractivity contribution in [1.82, 2.24) is 0 Å². The Kier molecular flexibility index (Phi) is 8.26. The zero-order chi connectivity index (χ0) is 34.3. The van der Waals surface area contributed by atoms with Crippen molar-refractivity contribution in [2.75, 3.05) is 7.11 Å². The van der Waals surface area contributed by atoms with Crippen LogP contribution in [0.3, 0.4) is 0 Å². The van der Waals surface area contributed by atoms with E-state index < -0.39 is 35.0 Å². The number of aromatic hydroxyl groups is 1. The van der Waals surface area contributed by atoms with Gasteiger partial charge in [-0.25, -0.2) is 4.79 Å². The fourth-order valence-corrected chi connectivity index (χ4v) is 12.4. The first-order valence-electron chi connectivity index (χ1n) is 17.8. The summed E-state index contributed by atoms with van der Waals surface area (Å²) in [5.41, 5.74) is 0.625. The SMILES string of the molecule is COc1ccc(/C=C/C(=O)O[C@@H]2[C@H](O)C[C@@]3(C)C(CC[C@]4(C)C3CC=C3[C@@H]5[C@@H](C)[C@H](C)CC[C@]5(C(=O)O)CC[C@]34C)C2(C)C)cc1O. The highest BCUT2D eigenvalue weighted by atomic mass is 16.6. The van der Waals surface area contributed by atoms with E-state index in [1.54, 1.807) is 18.2 Å². The van der Waals surface area contributed by atoms with Crippen LogP contribution in [0.25, 0.3) is 6.08 Å². The molecule has 5 aliphatic carbocycles. The van der Waals surface area contributed by atoms with Gasteiger partial charge in [-0.05, 0) is 121 Å². The molecule has 0 heterocycles. The number of phenols is 1. The molecule has 47 heavy (non-hydrogen) atoms. The number of ether oxygens (including phenoxy) is 2. The van der Waals surface area contributed by atoms with Crippen molar-refractivity contribution in [3.05, 3.63) is 41.5 Å². The summed E-state index contributed by atoms with van der Waals surface area (Å²) < 4.78 is 11.2. The van der Waals surface area contributed by atoms with Gasteiger partial charge in [-0.3, -0.25) is 4.79 Å². The lowest BCUT2D eigenvalue weighted by molar-refractivity contribution is -0.238. The quantitative estimate of drug-likeness (QED) is 0.168. The summed E-state index contributed by atoms with van der Waals surface area (Å²) in [6.07, 6.45) is 10.8. The number of phenolic OH excluding ortho intramolecular Hbond substituents is 1. The maximum Gasteiger partial charge on any atom is 0.331 e. The van der Waals surface area contributed by atoms with Crippen LogP contribution >= 0.6 is 0 Å². The van der Waals surface area contributed by atoms with Crippen LogP contribution in [0.4, 0.5) is 0 Å². The number of carbonyl (C=O) groups excluding carboxylic acids is 1. The second-order valence-corrected chi connectivity index (χ2v) is 17.3. The fourth-order valence-electron chi connectivity index (χ4n) is 12.4. The first-order valence-corrected chi connectivity index (χ1v) is 17.8. The van der Waals surface area contributed by atoms with E-state index in [0.29, 0.717) is 35.5 Å². The van der Waals surface area contributed by atoms with E-state index in [1.807, 2.05) is 0 Å². The number of hydrogen-bond acceptors (Lipinski definition) is 6. The third-order valence-corrected chi connectivity index (χ3v) is 15.2. The molecule has 5 aliphatic rings. The second kappa shape index (κ2) is 11.4. The van der Waals surface area contributed by atoms with Gasteiger partial charge < -0.3 is 24.8 Å². The normalized spacial score (nSPS) is 43.9. The number of fused-ring (bicyclic) bond motifs is 7. The van der Waals surface area contributed by atoms with Gasteiger partial charge in [-0.1, -0.05) is 66.2 Å². The van der Waals surface area contributed by atoms with Crippen LogP contribution in [0.1, 0.15) is 105 Å². The van der Waals surface area contributed by atoms with Gasteiger partial charge in [0.2, 0.25) is 0 Å². The molecule has 3 N–H and O–H groups in total. The molecule has 0 radical (unpaired) electrons. The molecule has 0 aliphatic heterocycles. The number of methoxy groups -OCH3 is 1. The first kappa shape index (κ1) is 34.1. The van der Waals surface area contributed by atoms with Crippen molar-refractivity contribution in [2.45, 2.75) is 112 Å². The van der Waals surface area contributed by atoms with E-state index in [4.69, 9.17) is 9.47 Å². The summed E-state index contributed by atoms with van der Waals surface area (Å²) in [6, 6.07) is 4.92. The van der Waals surface area contributed by atoms with Crippen LogP contribution in [0.2, 0.25) is 0 Å². The number of aliphatic carboxylic acids is 1. The molecule has 6 rings (SSSR count). The van der Waals surface area contributed by atoms with Crippen LogP contribution in [-0.4, -0.2) is 46.6 Å². The summed E-state index contributed by atoms with van der Waals surface area (Å²) >= 11 is 0. The molecule has 4 fully saturated rings. The molecule has 0 amide bonds. The number of aliphatic hydroxyl groups is 1. The molecule has 11 atom stereocenters. The number of carboxylic acid groups (broad SMARTS) is 1. The number of benzene rings is 1. The van der Waals surface area contributed by atoms with Crippen LogP contribution in [0.5, 0.6) is 11.5 Å². The predicted molar refractivity (Wildman–Crippen MR) is 182 cm³/mol. The summed E-state index contributed by atoms with van der Waals surface area (Å²) in [5.74, 6) is 0.687. The summed E-state index contributed by atoms with van der Waals surface area (Å²) in [5, 5.41) is 32.6. The average molecular weight is 649 g/mol. The molecule has 0 aromatic heterocycles. The minimum absolute atomic E-state index is 0.00813. The number of hydrogen-bond donors (Lipinski definition) is 3. The Morgan fingerprint density at radius 2 is 1.70 bits per heavy atom. The average Bonchev–Trinajstić information content (AvgIpc) is 3.00. The zero-order valence-corrected chi connectivity index (χ0v) is 29.6. The van der Waals surface area contributed by atoms with E-state index in [0.717, 1.165) is 44.9 Å². The number of carbonyl (C=O) groups is 2. The summed E-state index contributed by atoms with van der Waals surface area (Å²) in [4.78, 5) is 26.1.